The Balaban J connectivity index is 2.11. The minimum atomic E-state index is -1.45. The van der Waals surface area contributed by atoms with Crippen LogP contribution < -0.4 is 9.47 Å². The number of nitrogens with zero attached hydrogens (tertiary/aromatic N) is 3. The van der Waals surface area contributed by atoms with Gasteiger partial charge < -0.3 is 14.6 Å². The number of rotatable bonds is 4. The Morgan fingerprint density at radius 3 is 2.20 bits per heavy atom. The SMILES string of the molecule is COc1cc(OC)cc(-c2cn(-c3c(O)c(F)cc(F)c3F)nn2)c1. The van der Waals surface area contributed by atoms with Crippen LogP contribution in [-0.2, 0) is 0 Å². The first-order valence-corrected chi connectivity index (χ1v) is 6.97. The summed E-state index contributed by atoms with van der Waals surface area (Å²) in [7, 11) is 2.94. The molecule has 1 aromatic heterocycles. The van der Waals surface area contributed by atoms with Gasteiger partial charge in [-0.2, -0.15) is 0 Å². The van der Waals surface area contributed by atoms with Gasteiger partial charge in [0.2, 0.25) is 0 Å². The first-order chi connectivity index (χ1) is 11.9. The summed E-state index contributed by atoms with van der Waals surface area (Å²) in [6.45, 7) is 0. The van der Waals surface area contributed by atoms with E-state index in [0.29, 0.717) is 17.1 Å². The molecule has 0 aliphatic carbocycles. The molecule has 0 aliphatic heterocycles. The Kier molecular flexibility index (Phi) is 4.22. The molecule has 0 bridgehead atoms. The number of phenolic OH excluding ortho intramolecular Hbond substituents is 1. The van der Waals surface area contributed by atoms with Gasteiger partial charge in [-0.05, 0) is 12.1 Å². The number of ether oxygens (including phenoxy) is 2. The number of halogens is 3. The lowest BCUT2D eigenvalue weighted by Crippen LogP contribution is -2.03. The number of aromatic nitrogens is 3. The molecular formula is C16H12F3N3O3. The van der Waals surface area contributed by atoms with Crippen LogP contribution in [0.1, 0.15) is 0 Å². The molecule has 9 heteroatoms. The van der Waals surface area contributed by atoms with E-state index in [0.717, 1.165) is 4.68 Å². The molecule has 0 unspecified atom stereocenters. The minimum Gasteiger partial charge on any atom is -0.503 e. The maximum absolute atomic E-state index is 13.9. The molecule has 0 saturated heterocycles. The molecule has 130 valence electrons. The molecule has 0 atom stereocenters. The highest BCUT2D eigenvalue weighted by molar-refractivity contribution is 5.63. The number of methoxy groups -OCH3 is 2. The topological polar surface area (TPSA) is 69.4 Å². The summed E-state index contributed by atoms with van der Waals surface area (Å²) in [5, 5.41) is 17.2. The van der Waals surface area contributed by atoms with Gasteiger partial charge in [0.15, 0.2) is 23.2 Å². The van der Waals surface area contributed by atoms with Crippen LogP contribution in [0.25, 0.3) is 16.9 Å². The summed E-state index contributed by atoms with van der Waals surface area (Å²) in [4.78, 5) is 0. The van der Waals surface area contributed by atoms with Crippen LogP contribution in [0.15, 0.2) is 30.5 Å². The van der Waals surface area contributed by atoms with Gasteiger partial charge in [0.05, 0.1) is 20.4 Å². The largest absolute Gasteiger partial charge is 0.503 e. The number of phenols is 1. The first kappa shape index (κ1) is 16.6. The van der Waals surface area contributed by atoms with Gasteiger partial charge in [0.25, 0.3) is 0 Å². The van der Waals surface area contributed by atoms with E-state index in [4.69, 9.17) is 9.47 Å². The average Bonchev–Trinajstić information content (AvgIpc) is 3.09. The molecule has 1 heterocycles. The van der Waals surface area contributed by atoms with Crippen molar-refractivity contribution in [3.63, 3.8) is 0 Å². The summed E-state index contributed by atoms with van der Waals surface area (Å²) in [6.07, 6.45) is 1.21. The van der Waals surface area contributed by atoms with Crippen LogP contribution in [0, 0.1) is 17.5 Å². The highest BCUT2D eigenvalue weighted by atomic mass is 19.2. The zero-order valence-electron chi connectivity index (χ0n) is 13.1. The van der Waals surface area contributed by atoms with Gasteiger partial charge in [-0.25, -0.2) is 17.9 Å². The Morgan fingerprint density at radius 1 is 0.960 bits per heavy atom. The van der Waals surface area contributed by atoms with Gasteiger partial charge in [0, 0.05) is 17.7 Å². The maximum Gasteiger partial charge on any atom is 0.188 e. The van der Waals surface area contributed by atoms with Crippen molar-refractivity contribution in [2.45, 2.75) is 0 Å². The van der Waals surface area contributed by atoms with E-state index >= 15 is 0 Å². The molecule has 0 amide bonds. The van der Waals surface area contributed by atoms with Crippen LogP contribution in [0.5, 0.6) is 17.2 Å². The van der Waals surface area contributed by atoms with Crippen molar-refractivity contribution in [1.82, 2.24) is 15.0 Å². The molecule has 25 heavy (non-hydrogen) atoms. The van der Waals surface area contributed by atoms with Crippen molar-refractivity contribution < 1.29 is 27.8 Å². The molecule has 0 spiro atoms. The molecule has 0 radical (unpaired) electrons. The van der Waals surface area contributed by atoms with Crippen LogP contribution in [0.2, 0.25) is 0 Å². The van der Waals surface area contributed by atoms with Crippen molar-refractivity contribution in [2.75, 3.05) is 14.2 Å². The molecule has 3 rings (SSSR count). The fourth-order valence-electron chi connectivity index (χ4n) is 2.24. The molecule has 0 aliphatic rings. The van der Waals surface area contributed by atoms with Crippen LogP contribution in [0.4, 0.5) is 13.2 Å². The maximum atomic E-state index is 13.9. The van der Waals surface area contributed by atoms with Gasteiger partial charge in [-0.1, -0.05) is 5.21 Å². The zero-order valence-corrected chi connectivity index (χ0v) is 13.1. The quantitative estimate of drug-likeness (QED) is 0.732. The third kappa shape index (κ3) is 2.95. The normalized spacial score (nSPS) is 10.8. The molecule has 0 fully saturated rings. The van der Waals surface area contributed by atoms with Crippen LogP contribution >= 0.6 is 0 Å². The molecule has 3 aromatic rings. The van der Waals surface area contributed by atoms with E-state index in [1.807, 2.05) is 0 Å². The van der Waals surface area contributed by atoms with Gasteiger partial charge in [0.1, 0.15) is 22.9 Å². The summed E-state index contributed by atoms with van der Waals surface area (Å²) in [5.41, 5.74) is -0.00833. The number of benzene rings is 2. The van der Waals surface area contributed by atoms with Gasteiger partial charge in [-0.15, -0.1) is 5.10 Å². The van der Waals surface area contributed by atoms with Crippen molar-refractivity contribution in [3.8, 4) is 34.2 Å². The van der Waals surface area contributed by atoms with Crippen LogP contribution in [-0.4, -0.2) is 34.3 Å². The molecule has 1 N–H and O–H groups in total. The third-order valence-corrected chi connectivity index (χ3v) is 3.49. The number of aromatic hydroxyl groups is 1. The second-order valence-corrected chi connectivity index (χ2v) is 5.00. The van der Waals surface area contributed by atoms with E-state index < -0.39 is 28.9 Å². The van der Waals surface area contributed by atoms with E-state index in [1.165, 1.54) is 20.4 Å². The van der Waals surface area contributed by atoms with Crippen molar-refractivity contribution in [1.29, 1.82) is 0 Å². The van der Waals surface area contributed by atoms with Crippen molar-refractivity contribution in [2.24, 2.45) is 0 Å². The predicted octanol–water partition coefficient (Wildman–Crippen LogP) is 3.07. The third-order valence-electron chi connectivity index (χ3n) is 3.49. The predicted molar refractivity (Wildman–Crippen MR) is 81.4 cm³/mol. The van der Waals surface area contributed by atoms with Crippen molar-refractivity contribution in [3.05, 3.63) is 47.9 Å². The van der Waals surface area contributed by atoms with E-state index in [1.54, 1.807) is 18.2 Å². The number of hydrogen-bond acceptors (Lipinski definition) is 5. The van der Waals surface area contributed by atoms with E-state index in [2.05, 4.69) is 10.3 Å². The Hall–Kier alpha value is -3.23. The Bertz CT molecular complexity index is 895. The van der Waals surface area contributed by atoms with Crippen molar-refractivity contribution >= 4 is 0 Å². The molecule has 0 saturated carbocycles. The Labute approximate surface area is 140 Å². The van der Waals surface area contributed by atoms with E-state index in [9.17, 15) is 18.3 Å². The lowest BCUT2D eigenvalue weighted by molar-refractivity contribution is 0.394. The molecule has 6 nitrogen and oxygen atoms in total. The average molecular weight is 351 g/mol. The van der Waals surface area contributed by atoms with E-state index in [-0.39, 0.29) is 11.8 Å². The summed E-state index contributed by atoms with van der Waals surface area (Å²) in [6, 6.07) is 5.14. The standard InChI is InChI=1S/C16H12F3N3O3/c1-24-9-3-8(4-10(5-9)25-2)13-7-22(21-20-13)15-14(19)11(17)6-12(18)16(15)23/h3-7,23H,1-2H3. The highest BCUT2D eigenvalue weighted by Crippen LogP contribution is 2.32. The second-order valence-electron chi connectivity index (χ2n) is 5.00. The fraction of sp³-hybridized carbons (Fsp3) is 0.125. The molecular weight excluding hydrogens is 339 g/mol. The summed E-state index contributed by atoms with van der Waals surface area (Å²) >= 11 is 0. The van der Waals surface area contributed by atoms with Crippen LogP contribution in [0.3, 0.4) is 0 Å². The van der Waals surface area contributed by atoms with Gasteiger partial charge >= 0.3 is 0 Å². The fourth-order valence-corrected chi connectivity index (χ4v) is 2.24. The molecule has 2 aromatic carbocycles. The second kappa shape index (κ2) is 6.34. The number of hydrogen-bond donors (Lipinski definition) is 1. The Morgan fingerprint density at radius 2 is 1.60 bits per heavy atom. The zero-order chi connectivity index (χ0) is 18.1. The summed E-state index contributed by atoms with van der Waals surface area (Å²) < 4.78 is 51.9. The lowest BCUT2D eigenvalue weighted by Gasteiger charge is -2.07. The smallest absolute Gasteiger partial charge is 0.188 e. The first-order valence-electron chi connectivity index (χ1n) is 6.97. The lowest BCUT2D eigenvalue weighted by atomic mass is 10.1. The van der Waals surface area contributed by atoms with Gasteiger partial charge in [-0.3, -0.25) is 0 Å². The highest BCUT2D eigenvalue weighted by Gasteiger charge is 2.21. The summed E-state index contributed by atoms with van der Waals surface area (Å²) in [5.74, 6) is -4.32. The monoisotopic (exact) mass is 351 g/mol. The minimum absolute atomic E-state index is 0.249.